The molecule has 0 aromatic heterocycles. The van der Waals surface area contributed by atoms with E-state index in [9.17, 15) is 19.2 Å². The second kappa shape index (κ2) is 8.80. The van der Waals surface area contributed by atoms with Gasteiger partial charge in [-0.3, -0.25) is 19.2 Å². The number of aryl methyl sites for hydroxylation is 1. The predicted molar refractivity (Wildman–Crippen MR) is 95.9 cm³/mol. The van der Waals surface area contributed by atoms with Gasteiger partial charge in [-0.2, -0.15) is 0 Å². The number of hydrogen-bond acceptors (Lipinski definition) is 4. The third kappa shape index (κ3) is 5.17. The smallest absolute Gasteiger partial charge is 0.247 e. The van der Waals surface area contributed by atoms with Gasteiger partial charge in [-0.25, -0.2) is 0 Å². The van der Waals surface area contributed by atoms with Crippen LogP contribution in [-0.2, 0) is 25.6 Å². The number of primary amides is 1. The van der Waals surface area contributed by atoms with E-state index in [4.69, 9.17) is 5.73 Å². The number of rotatable bonds is 6. The van der Waals surface area contributed by atoms with Crippen molar-refractivity contribution >= 4 is 29.3 Å². The summed E-state index contributed by atoms with van der Waals surface area (Å²) in [5.74, 6) is -1.50. The lowest BCUT2D eigenvalue weighted by Gasteiger charge is -2.26. The number of anilines is 1. The van der Waals surface area contributed by atoms with E-state index in [2.05, 4.69) is 17.2 Å². The fourth-order valence-electron chi connectivity index (χ4n) is 2.73. The molecule has 4 amide bonds. The molecule has 26 heavy (non-hydrogen) atoms. The van der Waals surface area contributed by atoms with E-state index in [-0.39, 0.29) is 37.1 Å². The van der Waals surface area contributed by atoms with Crippen molar-refractivity contribution < 1.29 is 19.2 Å². The largest absolute Gasteiger partial charge is 0.368 e. The van der Waals surface area contributed by atoms with E-state index in [0.717, 1.165) is 5.56 Å². The van der Waals surface area contributed by atoms with Crippen LogP contribution < -0.4 is 16.4 Å². The van der Waals surface area contributed by atoms with E-state index >= 15 is 0 Å². The summed E-state index contributed by atoms with van der Waals surface area (Å²) < 4.78 is 0. The first-order valence-electron chi connectivity index (χ1n) is 8.28. The minimum absolute atomic E-state index is 0.112. The third-order valence-corrected chi connectivity index (χ3v) is 4.11. The number of nitrogens with zero attached hydrogens (tertiary/aromatic N) is 1. The Labute approximate surface area is 151 Å². The normalized spacial score (nSPS) is 17.0. The quantitative estimate of drug-likeness (QED) is 0.617. The monoisotopic (exact) mass is 358 g/mol. The van der Waals surface area contributed by atoms with Crippen molar-refractivity contribution in [2.45, 2.75) is 25.3 Å². The molecule has 8 nitrogen and oxygen atoms in total. The summed E-state index contributed by atoms with van der Waals surface area (Å²) in [6.07, 6.45) is 1.73. The van der Waals surface area contributed by atoms with Crippen LogP contribution in [0.5, 0.6) is 0 Å². The highest BCUT2D eigenvalue weighted by Gasteiger charge is 2.31. The Morgan fingerprint density at radius 3 is 2.62 bits per heavy atom. The summed E-state index contributed by atoms with van der Waals surface area (Å²) in [5.41, 5.74) is 6.89. The van der Waals surface area contributed by atoms with Crippen LogP contribution in [0, 0.1) is 0 Å². The number of amides is 4. The Bertz CT molecular complexity index is 714. The molecule has 1 aliphatic heterocycles. The number of hydrogen-bond donors (Lipinski definition) is 3. The summed E-state index contributed by atoms with van der Waals surface area (Å²) in [7, 11) is 0. The zero-order valence-corrected chi connectivity index (χ0v) is 14.4. The molecule has 0 bridgehead atoms. The van der Waals surface area contributed by atoms with Crippen LogP contribution >= 0.6 is 0 Å². The minimum atomic E-state index is -0.915. The van der Waals surface area contributed by atoms with Crippen LogP contribution in [0.4, 0.5) is 5.69 Å². The Kier molecular flexibility index (Phi) is 6.48. The van der Waals surface area contributed by atoms with Gasteiger partial charge in [-0.05, 0) is 30.2 Å². The number of carbonyl (C=O) groups excluding carboxylic acids is 4. The molecule has 1 saturated heterocycles. The maximum Gasteiger partial charge on any atom is 0.247 e. The molecule has 1 heterocycles. The molecular formula is C18H22N4O4. The lowest BCUT2D eigenvalue weighted by molar-refractivity contribution is -0.139. The SMILES string of the molecule is C=CC(=O)Nc1ccc(CCC(=O)N2CCNC(=O)CC2C(N)=O)cc1. The van der Waals surface area contributed by atoms with E-state index in [1.54, 1.807) is 12.1 Å². The van der Waals surface area contributed by atoms with E-state index in [1.807, 2.05) is 12.1 Å². The lowest BCUT2D eigenvalue weighted by atomic mass is 10.1. The van der Waals surface area contributed by atoms with E-state index in [0.29, 0.717) is 18.7 Å². The summed E-state index contributed by atoms with van der Waals surface area (Å²) in [6.45, 7) is 3.94. The standard InChI is InChI=1S/C18H22N4O4/c1-2-15(23)21-13-6-3-12(4-7-13)5-8-17(25)22-10-9-20-16(24)11-14(22)18(19)26/h2-4,6-7,14H,1,5,8-11H2,(H2,19,26)(H,20,24)(H,21,23). The van der Waals surface area contributed by atoms with Gasteiger partial charge in [0.1, 0.15) is 6.04 Å². The average molecular weight is 358 g/mol. The topological polar surface area (TPSA) is 122 Å². The minimum Gasteiger partial charge on any atom is -0.368 e. The van der Waals surface area contributed by atoms with Crippen molar-refractivity contribution in [2.75, 3.05) is 18.4 Å². The molecule has 0 radical (unpaired) electrons. The number of nitrogens with one attached hydrogen (secondary N) is 2. The van der Waals surface area contributed by atoms with Gasteiger partial charge in [0.15, 0.2) is 0 Å². The highest BCUT2D eigenvalue weighted by Crippen LogP contribution is 2.14. The first-order valence-corrected chi connectivity index (χ1v) is 8.28. The summed E-state index contributed by atoms with van der Waals surface area (Å²) >= 11 is 0. The highest BCUT2D eigenvalue weighted by molar-refractivity contribution is 5.98. The van der Waals surface area contributed by atoms with Gasteiger partial charge >= 0.3 is 0 Å². The highest BCUT2D eigenvalue weighted by atomic mass is 16.2. The third-order valence-electron chi connectivity index (χ3n) is 4.11. The van der Waals surface area contributed by atoms with Gasteiger partial charge in [0.2, 0.25) is 23.6 Å². The number of nitrogens with two attached hydrogens (primary N) is 1. The van der Waals surface area contributed by atoms with Crippen LogP contribution in [0.3, 0.4) is 0 Å². The van der Waals surface area contributed by atoms with Crippen molar-refractivity contribution in [1.82, 2.24) is 10.2 Å². The maximum absolute atomic E-state index is 12.5. The molecule has 1 aliphatic rings. The average Bonchev–Trinajstić information content (AvgIpc) is 2.82. The second-order valence-electron chi connectivity index (χ2n) is 5.95. The molecule has 1 unspecified atom stereocenters. The van der Waals surface area contributed by atoms with Crippen LogP contribution in [0.2, 0.25) is 0 Å². The molecule has 4 N–H and O–H groups in total. The molecule has 0 saturated carbocycles. The second-order valence-corrected chi connectivity index (χ2v) is 5.95. The fourth-order valence-corrected chi connectivity index (χ4v) is 2.73. The fraction of sp³-hybridized carbons (Fsp3) is 0.333. The Morgan fingerprint density at radius 2 is 2.00 bits per heavy atom. The Hall–Kier alpha value is -3.16. The molecule has 0 spiro atoms. The molecule has 138 valence electrons. The van der Waals surface area contributed by atoms with Crippen molar-refractivity contribution in [3.8, 4) is 0 Å². The Balaban J connectivity index is 1.96. The van der Waals surface area contributed by atoms with Crippen LogP contribution in [-0.4, -0.2) is 47.7 Å². The van der Waals surface area contributed by atoms with Crippen LogP contribution in [0.1, 0.15) is 18.4 Å². The molecule has 8 heteroatoms. The van der Waals surface area contributed by atoms with Gasteiger partial charge in [0.25, 0.3) is 0 Å². The molecule has 1 fully saturated rings. The zero-order valence-electron chi connectivity index (χ0n) is 14.4. The van der Waals surface area contributed by atoms with Crippen molar-refractivity contribution in [2.24, 2.45) is 5.73 Å². The summed E-state index contributed by atoms with van der Waals surface area (Å²) in [4.78, 5) is 48.3. The first-order chi connectivity index (χ1) is 12.4. The van der Waals surface area contributed by atoms with Gasteiger partial charge in [-0.15, -0.1) is 0 Å². The van der Waals surface area contributed by atoms with Gasteiger partial charge < -0.3 is 21.3 Å². The number of benzene rings is 1. The van der Waals surface area contributed by atoms with Crippen LogP contribution in [0.15, 0.2) is 36.9 Å². The number of carbonyl (C=O) groups is 4. The molecule has 1 aromatic carbocycles. The molecule has 1 aromatic rings. The predicted octanol–water partition coefficient (Wildman–Crippen LogP) is -0.0539. The van der Waals surface area contributed by atoms with Gasteiger partial charge in [-0.1, -0.05) is 18.7 Å². The molecule has 0 aliphatic carbocycles. The first kappa shape index (κ1) is 19.2. The van der Waals surface area contributed by atoms with Crippen molar-refractivity contribution in [3.63, 3.8) is 0 Å². The zero-order chi connectivity index (χ0) is 19.1. The van der Waals surface area contributed by atoms with Crippen molar-refractivity contribution in [1.29, 1.82) is 0 Å². The molecule has 2 rings (SSSR count). The summed E-state index contributed by atoms with van der Waals surface area (Å²) in [5, 5.41) is 5.27. The van der Waals surface area contributed by atoms with E-state index < -0.39 is 11.9 Å². The van der Waals surface area contributed by atoms with Gasteiger partial charge in [0.05, 0.1) is 6.42 Å². The van der Waals surface area contributed by atoms with Crippen LogP contribution in [0.25, 0.3) is 0 Å². The van der Waals surface area contributed by atoms with Gasteiger partial charge in [0, 0.05) is 25.2 Å². The molecule has 1 atom stereocenters. The van der Waals surface area contributed by atoms with E-state index in [1.165, 1.54) is 11.0 Å². The Morgan fingerprint density at radius 1 is 1.31 bits per heavy atom. The lowest BCUT2D eigenvalue weighted by Crippen LogP contribution is -2.48. The van der Waals surface area contributed by atoms with Crippen molar-refractivity contribution in [3.05, 3.63) is 42.5 Å². The maximum atomic E-state index is 12.5. The summed E-state index contributed by atoms with van der Waals surface area (Å²) in [6, 6.07) is 6.18. The molecular weight excluding hydrogens is 336 g/mol.